The van der Waals surface area contributed by atoms with Gasteiger partial charge in [0.2, 0.25) is 10.9 Å². The second-order valence-corrected chi connectivity index (χ2v) is 8.37. The molecule has 8 heteroatoms. The Morgan fingerprint density at radius 2 is 1.84 bits per heavy atom. The smallest absolute Gasteiger partial charge is 0.274 e. The minimum Gasteiger partial charge on any atom is -0.467 e. The highest BCUT2D eigenvalue weighted by atomic mass is 32.2. The molecule has 1 unspecified atom stereocenters. The molecule has 1 aliphatic rings. The largest absolute Gasteiger partial charge is 0.467 e. The topological polar surface area (TPSA) is 83.2 Å². The maximum Gasteiger partial charge on any atom is 0.274 e. The second-order valence-electron chi connectivity index (χ2n) is 7.29. The molecule has 2 heterocycles. The van der Waals surface area contributed by atoms with Crippen molar-refractivity contribution in [1.29, 1.82) is 0 Å². The summed E-state index contributed by atoms with van der Waals surface area (Å²) in [6.45, 7) is 2.07. The van der Waals surface area contributed by atoms with Gasteiger partial charge in [0.25, 0.3) is 5.91 Å². The quantitative estimate of drug-likeness (QED) is 0.595. The van der Waals surface area contributed by atoms with E-state index in [1.165, 1.54) is 16.4 Å². The fourth-order valence-corrected chi connectivity index (χ4v) is 3.88. The number of hydrogen-bond acceptors (Lipinski definition) is 5. The summed E-state index contributed by atoms with van der Waals surface area (Å²) in [6.07, 6.45) is 2.99. The monoisotopic (exact) mass is 437 g/mol. The van der Waals surface area contributed by atoms with Crippen molar-refractivity contribution in [3.63, 3.8) is 0 Å². The minimum absolute atomic E-state index is 0.196. The maximum atomic E-state index is 13.3. The third-order valence-corrected chi connectivity index (χ3v) is 6.14. The van der Waals surface area contributed by atoms with Gasteiger partial charge >= 0.3 is 0 Å². The van der Waals surface area contributed by atoms with Gasteiger partial charge in [0.1, 0.15) is 11.8 Å². The Hall–Kier alpha value is -3.39. The minimum atomic E-state index is -2.70. The van der Waals surface area contributed by atoms with Gasteiger partial charge in [0, 0.05) is 19.0 Å². The number of carbonyl (C=O) groups is 1. The van der Waals surface area contributed by atoms with E-state index in [1.807, 2.05) is 42.5 Å². The average Bonchev–Trinajstić information content (AvgIpc) is 3.48. The van der Waals surface area contributed by atoms with E-state index in [0.29, 0.717) is 23.4 Å². The van der Waals surface area contributed by atoms with Crippen LogP contribution in [-0.4, -0.2) is 32.1 Å². The highest BCUT2D eigenvalue weighted by Gasteiger charge is 2.35. The van der Waals surface area contributed by atoms with Crippen molar-refractivity contribution in [3.05, 3.63) is 89.4 Å². The Bertz CT molecular complexity index is 1160. The van der Waals surface area contributed by atoms with Crippen LogP contribution in [-0.2, 0) is 17.3 Å². The maximum absolute atomic E-state index is 13.3. The van der Waals surface area contributed by atoms with Crippen molar-refractivity contribution in [2.24, 2.45) is 5.10 Å². The van der Waals surface area contributed by atoms with E-state index in [2.05, 4.69) is 12.0 Å². The summed E-state index contributed by atoms with van der Waals surface area (Å²) in [5.41, 5.74) is 3.85. The number of rotatable bonds is 6. The van der Waals surface area contributed by atoms with Crippen molar-refractivity contribution < 1.29 is 17.6 Å². The first-order chi connectivity index (χ1) is 15.0. The predicted molar refractivity (Wildman–Crippen MR) is 120 cm³/mol. The van der Waals surface area contributed by atoms with Crippen molar-refractivity contribution in [3.8, 4) is 0 Å². The van der Waals surface area contributed by atoms with Gasteiger partial charge in [-0.25, -0.2) is 13.4 Å². The van der Waals surface area contributed by atoms with E-state index < -0.39 is 10.9 Å². The van der Waals surface area contributed by atoms with E-state index in [9.17, 15) is 13.2 Å². The van der Waals surface area contributed by atoms with E-state index in [1.54, 1.807) is 24.5 Å². The molecular formula is C23H23N3O4S. The first-order valence-corrected chi connectivity index (χ1v) is 11.1. The molecule has 0 radical (unpaired) electrons. The number of nitrogens with zero attached hydrogens (tertiary/aromatic N) is 3. The Balaban J connectivity index is 1.65. The number of amides is 1. The van der Waals surface area contributed by atoms with Crippen LogP contribution in [0.2, 0.25) is 0 Å². The second kappa shape index (κ2) is 8.77. The number of benzene rings is 2. The van der Waals surface area contributed by atoms with Crippen LogP contribution in [0.4, 0.5) is 5.69 Å². The number of furan rings is 1. The molecule has 0 saturated heterocycles. The van der Waals surface area contributed by atoms with Gasteiger partial charge in [-0.2, -0.15) is 5.10 Å². The number of aryl methyl sites for hydroxylation is 1. The van der Waals surface area contributed by atoms with Gasteiger partial charge in [-0.1, -0.05) is 31.2 Å². The molecule has 2 aromatic carbocycles. The van der Waals surface area contributed by atoms with Crippen LogP contribution in [0.25, 0.3) is 0 Å². The average molecular weight is 438 g/mol. The number of hydrogen-bond donors (Lipinski definition) is 1. The van der Waals surface area contributed by atoms with Crippen molar-refractivity contribution in [1.82, 2.24) is 5.01 Å². The van der Waals surface area contributed by atoms with Gasteiger partial charge in [0.05, 0.1) is 17.7 Å². The van der Waals surface area contributed by atoms with Gasteiger partial charge in [0.15, 0.2) is 0 Å². The molecule has 0 saturated carbocycles. The highest BCUT2D eigenvalue weighted by Crippen LogP contribution is 2.34. The SMILES string of the molecule is CCc1ccc(C(=O)N2N=C(c3ccc(N(C)[SH](=O)=O)cc3)CC2c2ccco2)cc1. The molecule has 0 fully saturated rings. The zero-order valence-corrected chi connectivity index (χ0v) is 18.2. The third-order valence-electron chi connectivity index (χ3n) is 5.42. The fourth-order valence-electron chi connectivity index (χ4n) is 3.55. The van der Waals surface area contributed by atoms with Crippen LogP contribution in [0.15, 0.2) is 76.4 Å². The molecule has 4 rings (SSSR count). The molecule has 31 heavy (non-hydrogen) atoms. The molecule has 1 atom stereocenters. The molecule has 0 N–H and O–H groups in total. The van der Waals surface area contributed by atoms with E-state index in [4.69, 9.17) is 4.42 Å². The molecule has 7 nitrogen and oxygen atoms in total. The zero-order chi connectivity index (χ0) is 22.0. The number of thiol groups is 1. The normalized spacial score (nSPS) is 15.9. The highest BCUT2D eigenvalue weighted by molar-refractivity contribution is 7.74. The molecule has 0 bridgehead atoms. The van der Waals surface area contributed by atoms with Crippen molar-refractivity contribution in [2.75, 3.05) is 11.4 Å². The summed E-state index contributed by atoms with van der Waals surface area (Å²) in [5, 5.41) is 6.11. The number of hydrazone groups is 1. The molecule has 1 amide bonds. The summed E-state index contributed by atoms with van der Waals surface area (Å²) in [5.74, 6) is 0.468. The first-order valence-electron chi connectivity index (χ1n) is 9.99. The van der Waals surface area contributed by atoms with Crippen molar-refractivity contribution in [2.45, 2.75) is 25.8 Å². The van der Waals surface area contributed by atoms with Crippen molar-refractivity contribution >= 4 is 28.2 Å². The Morgan fingerprint density at radius 3 is 2.42 bits per heavy atom. The Kier molecular flexibility index (Phi) is 5.90. The third kappa shape index (κ3) is 4.25. The van der Waals surface area contributed by atoms with Crippen LogP contribution in [0.5, 0.6) is 0 Å². The Morgan fingerprint density at radius 1 is 1.13 bits per heavy atom. The zero-order valence-electron chi connectivity index (χ0n) is 17.3. The predicted octanol–water partition coefficient (Wildman–Crippen LogP) is 3.80. The van der Waals surface area contributed by atoms with E-state index >= 15 is 0 Å². The first kappa shape index (κ1) is 20.9. The molecule has 1 aromatic heterocycles. The molecule has 3 aromatic rings. The summed E-state index contributed by atoms with van der Waals surface area (Å²) >= 11 is 0. The van der Waals surface area contributed by atoms with Crippen LogP contribution in [0.1, 0.15) is 46.6 Å². The summed E-state index contributed by atoms with van der Waals surface area (Å²) in [7, 11) is -1.21. The molecule has 0 aliphatic carbocycles. The lowest BCUT2D eigenvalue weighted by Crippen LogP contribution is -2.26. The van der Waals surface area contributed by atoms with Crippen LogP contribution in [0.3, 0.4) is 0 Å². The van der Waals surface area contributed by atoms with Gasteiger partial charge < -0.3 is 4.42 Å². The summed E-state index contributed by atoms with van der Waals surface area (Å²) in [4.78, 5) is 13.3. The van der Waals surface area contributed by atoms with E-state index in [-0.39, 0.29) is 11.9 Å². The lowest BCUT2D eigenvalue weighted by molar-refractivity contribution is 0.0693. The standard InChI is InChI=1S/C23H23N3O4S/c1-3-16-6-8-18(9-7-16)23(27)26-21(22-5-4-14-30-22)15-20(24-26)17-10-12-19(13-11-17)25(2)31(28)29/h4-14,21,31H,3,15H2,1-2H3. The van der Waals surface area contributed by atoms with Crippen LogP contribution >= 0.6 is 0 Å². The van der Waals surface area contributed by atoms with Crippen LogP contribution in [0, 0.1) is 0 Å². The van der Waals surface area contributed by atoms with Gasteiger partial charge in [-0.05, 0) is 53.9 Å². The lowest BCUT2D eigenvalue weighted by Gasteiger charge is -2.20. The molecular weight excluding hydrogens is 414 g/mol. The number of anilines is 1. The Labute approximate surface area is 182 Å². The van der Waals surface area contributed by atoms with Gasteiger partial charge in [-0.15, -0.1) is 0 Å². The lowest BCUT2D eigenvalue weighted by atomic mass is 10.0. The van der Waals surface area contributed by atoms with Crippen LogP contribution < -0.4 is 4.31 Å². The van der Waals surface area contributed by atoms with E-state index in [0.717, 1.165) is 23.3 Å². The summed E-state index contributed by atoms with van der Waals surface area (Å²) in [6, 6.07) is 17.9. The fraction of sp³-hybridized carbons (Fsp3) is 0.217. The molecule has 160 valence electrons. The summed E-state index contributed by atoms with van der Waals surface area (Å²) < 4.78 is 29.2. The molecule has 0 spiro atoms. The van der Waals surface area contributed by atoms with Gasteiger partial charge in [-0.3, -0.25) is 9.10 Å². The molecule has 1 aliphatic heterocycles. The number of carbonyl (C=O) groups excluding carboxylic acids is 1.